The lowest BCUT2D eigenvalue weighted by molar-refractivity contribution is 0.395. The third-order valence-electron chi connectivity index (χ3n) is 2.22. The van der Waals surface area contributed by atoms with Crippen LogP contribution in [0.2, 0.25) is 0 Å². The van der Waals surface area contributed by atoms with Crippen LogP contribution < -0.4 is 5.73 Å². The summed E-state index contributed by atoms with van der Waals surface area (Å²) >= 11 is 0. The van der Waals surface area contributed by atoms with Crippen LogP contribution in [0.3, 0.4) is 0 Å². The highest BCUT2D eigenvalue weighted by molar-refractivity contribution is 5.47. The zero-order valence-electron chi connectivity index (χ0n) is 9.85. The van der Waals surface area contributed by atoms with Gasteiger partial charge in [0, 0.05) is 7.05 Å². The summed E-state index contributed by atoms with van der Waals surface area (Å²) in [7, 11) is 1.83. The fourth-order valence-electron chi connectivity index (χ4n) is 1.40. The molecule has 0 fully saturated rings. The molecule has 0 unspecified atom stereocenters. The lowest BCUT2D eigenvalue weighted by atomic mass is 10.1. The van der Waals surface area contributed by atoms with Gasteiger partial charge in [0.15, 0.2) is 5.82 Å². The van der Waals surface area contributed by atoms with Crippen LogP contribution in [0.25, 0.3) is 11.6 Å². The molecule has 0 saturated carbocycles. The van der Waals surface area contributed by atoms with E-state index in [0.717, 1.165) is 11.4 Å². The largest absolute Gasteiger partial charge is 0.332 e. The van der Waals surface area contributed by atoms with Gasteiger partial charge in [-0.25, -0.2) is 0 Å². The van der Waals surface area contributed by atoms with Gasteiger partial charge in [-0.2, -0.15) is 10.1 Å². The average Bonchev–Trinajstić information content (AvgIpc) is 2.70. The van der Waals surface area contributed by atoms with Crippen LogP contribution in [-0.4, -0.2) is 19.9 Å². The monoisotopic (exact) mass is 221 g/mol. The summed E-state index contributed by atoms with van der Waals surface area (Å²) in [4.78, 5) is 4.26. The molecule has 2 aromatic heterocycles. The van der Waals surface area contributed by atoms with Gasteiger partial charge in [0.1, 0.15) is 5.69 Å². The third-order valence-corrected chi connectivity index (χ3v) is 2.22. The van der Waals surface area contributed by atoms with E-state index in [0.29, 0.717) is 11.7 Å². The summed E-state index contributed by atoms with van der Waals surface area (Å²) in [5, 5.41) is 8.08. The Hall–Kier alpha value is -1.69. The molecule has 6 nitrogen and oxygen atoms in total. The molecule has 0 aliphatic carbocycles. The van der Waals surface area contributed by atoms with Crippen molar-refractivity contribution < 1.29 is 4.52 Å². The molecule has 0 saturated heterocycles. The Labute approximate surface area is 93.4 Å². The molecule has 0 spiro atoms. The van der Waals surface area contributed by atoms with Crippen molar-refractivity contribution in [3.8, 4) is 11.6 Å². The Morgan fingerprint density at radius 2 is 2.12 bits per heavy atom. The molecule has 0 amide bonds. The fourth-order valence-corrected chi connectivity index (χ4v) is 1.40. The van der Waals surface area contributed by atoms with Crippen molar-refractivity contribution in [1.29, 1.82) is 0 Å². The highest BCUT2D eigenvalue weighted by atomic mass is 16.5. The van der Waals surface area contributed by atoms with E-state index in [-0.39, 0.29) is 0 Å². The van der Waals surface area contributed by atoms with Gasteiger partial charge >= 0.3 is 0 Å². The molecule has 2 aromatic rings. The molecule has 0 atom stereocenters. The maximum Gasteiger partial charge on any atom is 0.276 e. The number of aromatic nitrogens is 4. The molecule has 0 radical (unpaired) electrons. The summed E-state index contributed by atoms with van der Waals surface area (Å²) < 4.78 is 6.87. The Kier molecular flexibility index (Phi) is 2.31. The molecule has 6 heteroatoms. The van der Waals surface area contributed by atoms with E-state index in [9.17, 15) is 0 Å². The Morgan fingerprint density at radius 1 is 1.44 bits per heavy atom. The molecule has 2 N–H and O–H groups in total. The van der Waals surface area contributed by atoms with Crippen molar-refractivity contribution in [2.45, 2.75) is 26.3 Å². The normalized spacial score (nSPS) is 12.1. The predicted molar refractivity (Wildman–Crippen MR) is 58.5 cm³/mol. The molecular formula is C10H15N5O. The lowest BCUT2D eigenvalue weighted by Crippen LogP contribution is -2.30. The number of aryl methyl sites for hydroxylation is 2. The van der Waals surface area contributed by atoms with Crippen LogP contribution in [0, 0.1) is 6.92 Å². The number of nitrogens with two attached hydrogens (primary N) is 1. The molecule has 0 aromatic carbocycles. The van der Waals surface area contributed by atoms with Crippen LogP contribution in [0.4, 0.5) is 0 Å². The Balaban J connectivity index is 2.43. The first kappa shape index (κ1) is 10.8. The standard InChI is InChI=1S/C10H15N5O/c1-6-5-7(15(4)13-6)8-12-9(14-16-8)10(2,3)11/h5H,11H2,1-4H3. The Bertz CT molecular complexity index is 506. The van der Waals surface area contributed by atoms with Gasteiger partial charge in [0.2, 0.25) is 0 Å². The number of rotatable bonds is 2. The summed E-state index contributed by atoms with van der Waals surface area (Å²) in [6, 6.07) is 1.89. The first-order valence-electron chi connectivity index (χ1n) is 5.02. The van der Waals surface area contributed by atoms with E-state index in [2.05, 4.69) is 15.2 Å². The number of hydrogen-bond acceptors (Lipinski definition) is 5. The van der Waals surface area contributed by atoms with Gasteiger partial charge in [-0.15, -0.1) is 0 Å². The highest BCUT2D eigenvalue weighted by Crippen LogP contribution is 2.20. The van der Waals surface area contributed by atoms with Crippen LogP contribution in [0.1, 0.15) is 25.4 Å². The molecule has 2 heterocycles. The minimum Gasteiger partial charge on any atom is -0.332 e. The second-order valence-corrected chi connectivity index (χ2v) is 4.44. The summed E-state index contributed by atoms with van der Waals surface area (Å²) in [5.74, 6) is 0.929. The fraction of sp³-hybridized carbons (Fsp3) is 0.500. The van der Waals surface area contributed by atoms with Gasteiger partial charge in [0.25, 0.3) is 5.89 Å². The zero-order chi connectivity index (χ0) is 11.9. The van der Waals surface area contributed by atoms with Crippen molar-refractivity contribution in [2.24, 2.45) is 12.8 Å². The smallest absolute Gasteiger partial charge is 0.276 e. The van der Waals surface area contributed by atoms with Crippen molar-refractivity contribution in [3.63, 3.8) is 0 Å². The van der Waals surface area contributed by atoms with E-state index in [1.54, 1.807) is 4.68 Å². The molecule has 86 valence electrons. The molecule has 0 bridgehead atoms. The van der Waals surface area contributed by atoms with Crippen molar-refractivity contribution in [3.05, 3.63) is 17.6 Å². The van der Waals surface area contributed by atoms with E-state index in [4.69, 9.17) is 10.3 Å². The van der Waals surface area contributed by atoms with Crippen LogP contribution in [0.15, 0.2) is 10.6 Å². The average molecular weight is 221 g/mol. The second kappa shape index (κ2) is 3.41. The van der Waals surface area contributed by atoms with Gasteiger partial charge in [-0.1, -0.05) is 5.16 Å². The van der Waals surface area contributed by atoms with E-state index in [1.807, 2.05) is 33.9 Å². The van der Waals surface area contributed by atoms with E-state index < -0.39 is 5.54 Å². The maximum absolute atomic E-state index is 5.88. The molecule has 0 aliphatic heterocycles. The van der Waals surface area contributed by atoms with Gasteiger partial charge < -0.3 is 10.3 Å². The molecule has 16 heavy (non-hydrogen) atoms. The summed E-state index contributed by atoms with van der Waals surface area (Å²) in [5.41, 5.74) is 6.98. The van der Waals surface area contributed by atoms with Crippen LogP contribution >= 0.6 is 0 Å². The van der Waals surface area contributed by atoms with Gasteiger partial charge in [-0.05, 0) is 26.8 Å². The molecule has 2 rings (SSSR count). The van der Waals surface area contributed by atoms with Crippen molar-refractivity contribution >= 4 is 0 Å². The minimum atomic E-state index is -0.602. The van der Waals surface area contributed by atoms with Gasteiger partial charge in [0.05, 0.1) is 11.2 Å². The molecular weight excluding hydrogens is 206 g/mol. The predicted octanol–water partition coefficient (Wildman–Crippen LogP) is 0.972. The minimum absolute atomic E-state index is 0.441. The maximum atomic E-state index is 5.88. The second-order valence-electron chi connectivity index (χ2n) is 4.44. The van der Waals surface area contributed by atoms with Crippen molar-refractivity contribution in [2.75, 3.05) is 0 Å². The SMILES string of the molecule is Cc1cc(-c2nc(C(C)(C)N)no2)n(C)n1. The third kappa shape index (κ3) is 1.83. The van der Waals surface area contributed by atoms with E-state index >= 15 is 0 Å². The first-order valence-corrected chi connectivity index (χ1v) is 5.02. The van der Waals surface area contributed by atoms with E-state index in [1.165, 1.54) is 0 Å². The summed E-state index contributed by atoms with van der Waals surface area (Å²) in [6.45, 7) is 5.57. The van der Waals surface area contributed by atoms with Gasteiger partial charge in [-0.3, -0.25) is 4.68 Å². The Morgan fingerprint density at radius 3 is 2.56 bits per heavy atom. The van der Waals surface area contributed by atoms with Crippen molar-refractivity contribution in [1.82, 2.24) is 19.9 Å². The van der Waals surface area contributed by atoms with Crippen LogP contribution in [-0.2, 0) is 12.6 Å². The highest BCUT2D eigenvalue weighted by Gasteiger charge is 2.23. The number of nitrogens with zero attached hydrogens (tertiary/aromatic N) is 4. The first-order chi connectivity index (χ1) is 7.38. The van der Waals surface area contributed by atoms with Crippen LogP contribution in [0.5, 0.6) is 0 Å². The quantitative estimate of drug-likeness (QED) is 0.817. The molecule has 0 aliphatic rings. The topological polar surface area (TPSA) is 82.8 Å². The number of hydrogen-bond donors (Lipinski definition) is 1. The lowest BCUT2D eigenvalue weighted by Gasteiger charge is -2.11. The summed E-state index contributed by atoms with van der Waals surface area (Å²) in [6.07, 6.45) is 0. The zero-order valence-corrected chi connectivity index (χ0v) is 9.85.